The van der Waals surface area contributed by atoms with Crippen LogP contribution < -0.4 is 5.43 Å². The van der Waals surface area contributed by atoms with Crippen molar-refractivity contribution in [3.63, 3.8) is 0 Å². The maximum Gasteiger partial charge on any atom is 0.197 e. The van der Waals surface area contributed by atoms with Gasteiger partial charge in [-0.15, -0.1) is 12.4 Å². The first-order valence-corrected chi connectivity index (χ1v) is 4.82. The van der Waals surface area contributed by atoms with Gasteiger partial charge in [-0.05, 0) is 26.2 Å². The molecule has 1 heterocycles. The van der Waals surface area contributed by atoms with Gasteiger partial charge in [0.25, 0.3) is 0 Å². The van der Waals surface area contributed by atoms with Crippen molar-refractivity contribution >= 4 is 23.4 Å². The molecule has 0 aliphatic carbocycles. The number of hydrogen-bond acceptors (Lipinski definition) is 3. The predicted octanol–water partition coefficient (Wildman–Crippen LogP) is 2.28. The Hall–Kier alpha value is -1.32. The molecule has 0 N–H and O–H groups in total. The minimum absolute atomic E-state index is 0. The minimum atomic E-state index is 0. The zero-order valence-corrected chi connectivity index (χ0v) is 10.1. The molecule has 16 heavy (non-hydrogen) atoms. The summed E-state index contributed by atoms with van der Waals surface area (Å²) in [6.45, 7) is 0.604. The molecule has 2 rings (SSSR count). The van der Waals surface area contributed by atoms with Crippen LogP contribution in [0.5, 0.6) is 0 Å². The van der Waals surface area contributed by atoms with Crippen LogP contribution in [0.1, 0.15) is 5.56 Å². The van der Waals surface area contributed by atoms with Gasteiger partial charge in [-0.1, -0.05) is 12.1 Å². The lowest BCUT2D eigenvalue weighted by atomic mass is 10.2. The third kappa shape index (κ3) is 2.43. The van der Waals surface area contributed by atoms with Gasteiger partial charge in [0.2, 0.25) is 0 Å². The molecule has 0 atom stereocenters. The van der Waals surface area contributed by atoms with E-state index in [2.05, 4.69) is 0 Å². The van der Waals surface area contributed by atoms with Crippen LogP contribution in [-0.4, -0.2) is 19.0 Å². The van der Waals surface area contributed by atoms with Crippen LogP contribution in [-0.2, 0) is 6.54 Å². The summed E-state index contributed by atoms with van der Waals surface area (Å²) >= 11 is 0. The molecule has 1 aromatic heterocycles. The maximum atomic E-state index is 12.0. The molecular weight excluding hydrogens is 226 g/mol. The highest BCUT2D eigenvalue weighted by atomic mass is 35.5. The van der Waals surface area contributed by atoms with E-state index in [0.29, 0.717) is 23.1 Å². The number of halogens is 1. The second kappa shape index (κ2) is 5.14. The third-order valence-electron chi connectivity index (χ3n) is 2.24. The first kappa shape index (κ1) is 12.7. The van der Waals surface area contributed by atoms with E-state index in [0.717, 1.165) is 0 Å². The Morgan fingerprint density at radius 2 is 1.94 bits per heavy atom. The smallest absolute Gasteiger partial charge is 0.197 e. The van der Waals surface area contributed by atoms with Gasteiger partial charge < -0.3 is 9.32 Å². The molecule has 3 nitrogen and oxygen atoms in total. The van der Waals surface area contributed by atoms with Crippen molar-refractivity contribution in [1.82, 2.24) is 4.90 Å². The van der Waals surface area contributed by atoms with Crippen molar-refractivity contribution in [2.24, 2.45) is 0 Å². The van der Waals surface area contributed by atoms with E-state index in [9.17, 15) is 4.79 Å². The van der Waals surface area contributed by atoms with Crippen LogP contribution in [0.3, 0.4) is 0 Å². The monoisotopic (exact) mass is 239 g/mol. The lowest BCUT2D eigenvalue weighted by molar-refractivity contribution is 0.395. The van der Waals surface area contributed by atoms with E-state index in [-0.39, 0.29) is 17.8 Å². The second-order valence-corrected chi connectivity index (χ2v) is 3.82. The molecule has 0 amide bonds. The Labute approximate surface area is 100 Å². The summed E-state index contributed by atoms with van der Waals surface area (Å²) in [5.41, 5.74) is 1.40. The predicted molar refractivity (Wildman–Crippen MR) is 67.1 cm³/mol. The standard InChI is InChI=1S/C12H13NO2.ClH/c1-13(2)7-9-8-15-11-6-4-3-5-10(11)12(9)14;/h3-6,8H,7H2,1-2H3;1H. The van der Waals surface area contributed by atoms with E-state index in [1.807, 2.05) is 31.1 Å². The van der Waals surface area contributed by atoms with Gasteiger partial charge in [-0.25, -0.2) is 0 Å². The van der Waals surface area contributed by atoms with Gasteiger partial charge in [0, 0.05) is 12.1 Å². The van der Waals surface area contributed by atoms with Gasteiger partial charge in [-0.3, -0.25) is 4.79 Å². The highest BCUT2D eigenvalue weighted by molar-refractivity contribution is 5.85. The molecule has 86 valence electrons. The molecule has 0 saturated heterocycles. The molecule has 0 fully saturated rings. The number of nitrogens with zero attached hydrogens (tertiary/aromatic N) is 1. The summed E-state index contributed by atoms with van der Waals surface area (Å²) in [6, 6.07) is 7.30. The third-order valence-corrected chi connectivity index (χ3v) is 2.24. The quantitative estimate of drug-likeness (QED) is 0.806. The molecule has 2 aromatic rings. The minimum Gasteiger partial charge on any atom is -0.464 e. The highest BCUT2D eigenvalue weighted by Crippen LogP contribution is 2.10. The summed E-state index contributed by atoms with van der Waals surface area (Å²) < 4.78 is 5.40. The lowest BCUT2D eigenvalue weighted by Crippen LogP contribution is -2.18. The van der Waals surface area contributed by atoms with Crippen LogP contribution in [0.2, 0.25) is 0 Å². The van der Waals surface area contributed by atoms with Crippen molar-refractivity contribution in [2.75, 3.05) is 14.1 Å². The fraction of sp³-hybridized carbons (Fsp3) is 0.250. The summed E-state index contributed by atoms with van der Waals surface area (Å²) in [5.74, 6) is 0. The average molecular weight is 240 g/mol. The fourth-order valence-electron chi connectivity index (χ4n) is 1.57. The number of para-hydroxylation sites is 1. The van der Waals surface area contributed by atoms with Gasteiger partial charge in [-0.2, -0.15) is 0 Å². The van der Waals surface area contributed by atoms with Crippen LogP contribution in [0, 0.1) is 0 Å². The molecule has 0 radical (unpaired) electrons. The molecule has 1 aromatic carbocycles. The van der Waals surface area contributed by atoms with Crippen LogP contribution in [0.4, 0.5) is 0 Å². The SMILES string of the molecule is CN(C)Cc1coc2ccccc2c1=O.Cl. The Morgan fingerprint density at radius 1 is 1.25 bits per heavy atom. The summed E-state index contributed by atoms with van der Waals surface area (Å²) in [5, 5.41) is 0.650. The molecule has 0 saturated carbocycles. The molecule has 0 unspecified atom stereocenters. The van der Waals surface area contributed by atoms with Gasteiger partial charge in [0.15, 0.2) is 5.43 Å². The normalized spacial score (nSPS) is 10.4. The summed E-state index contributed by atoms with van der Waals surface area (Å²) in [4.78, 5) is 13.9. The van der Waals surface area contributed by atoms with E-state index in [1.165, 1.54) is 0 Å². The Kier molecular flexibility index (Phi) is 4.10. The molecular formula is C12H14ClNO2. The first-order valence-electron chi connectivity index (χ1n) is 4.82. The summed E-state index contributed by atoms with van der Waals surface area (Å²) in [7, 11) is 3.85. The highest BCUT2D eigenvalue weighted by Gasteiger charge is 2.06. The van der Waals surface area contributed by atoms with Crippen molar-refractivity contribution < 1.29 is 4.42 Å². The lowest BCUT2D eigenvalue weighted by Gasteiger charge is -2.08. The van der Waals surface area contributed by atoms with Gasteiger partial charge >= 0.3 is 0 Å². The Balaban J connectivity index is 0.00000128. The van der Waals surface area contributed by atoms with Crippen LogP contribution >= 0.6 is 12.4 Å². The maximum absolute atomic E-state index is 12.0. The van der Waals surface area contributed by atoms with E-state index in [4.69, 9.17) is 4.42 Å². The molecule has 0 aliphatic rings. The molecule has 0 bridgehead atoms. The zero-order chi connectivity index (χ0) is 10.8. The Bertz CT molecular complexity index is 534. The van der Waals surface area contributed by atoms with E-state index < -0.39 is 0 Å². The average Bonchev–Trinajstić information content (AvgIpc) is 2.22. The largest absolute Gasteiger partial charge is 0.464 e. The number of rotatable bonds is 2. The number of hydrogen-bond donors (Lipinski definition) is 0. The Morgan fingerprint density at radius 3 is 2.62 bits per heavy atom. The second-order valence-electron chi connectivity index (χ2n) is 3.82. The van der Waals surface area contributed by atoms with Crippen molar-refractivity contribution in [3.8, 4) is 0 Å². The molecule has 0 aliphatic heterocycles. The van der Waals surface area contributed by atoms with Crippen molar-refractivity contribution in [3.05, 3.63) is 46.3 Å². The van der Waals surface area contributed by atoms with Crippen LogP contribution in [0.25, 0.3) is 11.0 Å². The van der Waals surface area contributed by atoms with Crippen molar-refractivity contribution in [1.29, 1.82) is 0 Å². The fourth-order valence-corrected chi connectivity index (χ4v) is 1.57. The number of fused-ring (bicyclic) bond motifs is 1. The number of benzene rings is 1. The van der Waals surface area contributed by atoms with E-state index >= 15 is 0 Å². The van der Waals surface area contributed by atoms with E-state index in [1.54, 1.807) is 18.4 Å². The van der Waals surface area contributed by atoms with Gasteiger partial charge in [0.05, 0.1) is 11.6 Å². The zero-order valence-electron chi connectivity index (χ0n) is 9.27. The molecule has 4 heteroatoms. The topological polar surface area (TPSA) is 33.5 Å². The van der Waals surface area contributed by atoms with Crippen LogP contribution in [0.15, 0.2) is 39.7 Å². The first-order chi connectivity index (χ1) is 7.18. The van der Waals surface area contributed by atoms with Crippen molar-refractivity contribution in [2.45, 2.75) is 6.54 Å². The van der Waals surface area contributed by atoms with Gasteiger partial charge in [0.1, 0.15) is 5.58 Å². The molecule has 0 spiro atoms. The summed E-state index contributed by atoms with van der Waals surface area (Å²) in [6.07, 6.45) is 1.55.